The van der Waals surface area contributed by atoms with Crippen LogP contribution in [0.5, 0.6) is 0 Å². The minimum atomic E-state index is -0.629. The zero-order valence-corrected chi connectivity index (χ0v) is 9.82. The molecule has 0 spiro atoms. The molecule has 2 rings (SSSR count). The highest BCUT2D eigenvalue weighted by Gasteiger charge is 2.13. The average molecular weight is 232 g/mol. The highest BCUT2D eigenvalue weighted by atomic mass is 16.3. The molecule has 0 fully saturated rings. The molecule has 0 bridgehead atoms. The van der Waals surface area contributed by atoms with E-state index in [1.165, 1.54) is 6.33 Å². The molecule has 90 valence electrons. The molecule has 1 atom stereocenters. The third-order valence-corrected chi connectivity index (χ3v) is 2.59. The van der Waals surface area contributed by atoms with Gasteiger partial charge in [-0.1, -0.05) is 6.92 Å². The van der Waals surface area contributed by atoms with E-state index in [0.717, 1.165) is 18.8 Å². The van der Waals surface area contributed by atoms with E-state index < -0.39 is 6.10 Å². The number of aryl methyl sites for hydroxylation is 1. The van der Waals surface area contributed by atoms with Gasteiger partial charge in [0.05, 0.1) is 5.69 Å². The van der Waals surface area contributed by atoms with E-state index in [-0.39, 0.29) is 0 Å². The van der Waals surface area contributed by atoms with Gasteiger partial charge >= 0.3 is 0 Å². The van der Waals surface area contributed by atoms with Crippen molar-refractivity contribution in [2.45, 2.75) is 32.4 Å². The minimum Gasteiger partial charge on any atom is -0.386 e. The molecule has 2 heterocycles. The summed E-state index contributed by atoms with van der Waals surface area (Å²) in [5.41, 5.74) is 0.631. The van der Waals surface area contributed by atoms with Crippen LogP contribution in [0.2, 0.25) is 0 Å². The summed E-state index contributed by atoms with van der Waals surface area (Å²) in [6, 6.07) is 1.72. The molecule has 2 aromatic heterocycles. The topological polar surface area (TPSA) is 63.8 Å². The van der Waals surface area contributed by atoms with Gasteiger partial charge in [0, 0.05) is 31.6 Å². The van der Waals surface area contributed by atoms with E-state index in [0.29, 0.717) is 12.1 Å². The first-order valence-corrected chi connectivity index (χ1v) is 5.75. The maximum absolute atomic E-state index is 10.0. The lowest BCUT2D eigenvalue weighted by molar-refractivity contribution is 0.169. The number of aromatic nitrogens is 4. The van der Waals surface area contributed by atoms with Crippen molar-refractivity contribution in [1.82, 2.24) is 19.5 Å². The van der Waals surface area contributed by atoms with E-state index in [1.807, 2.05) is 6.20 Å². The van der Waals surface area contributed by atoms with Crippen molar-refractivity contribution in [2.75, 3.05) is 0 Å². The smallest absolute Gasteiger partial charge is 0.115 e. The van der Waals surface area contributed by atoms with Crippen LogP contribution >= 0.6 is 0 Å². The fourth-order valence-electron chi connectivity index (χ4n) is 1.75. The predicted octanol–water partition coefficient (Wildman–Crippen LogP) is 1.36. The second-order valence-corrected chi connectivity index (χ2v) is 3.89. The maximum Gasteiger partial charge on any atom is 0.115 e. The number of hydrogen-bond acceptors (Lipinski definition) is 4. The van der Waals surface area contributed by atoms with Crippen LogP contribution in [0.25, 0.3) is 0 Å². The summed E-state index contributed by atoms with van der Waals surface area (Å²) in [7, 11) is 0. The third-order valence-electron chi connectivity index (χ3n) is 2.59. The molecule has 2 aromatic rings. The molecule has 0 aliphatic rings. The highest BCUT2D eigenvalue weighted by Crippen LogP contribution is 2.14. The lowest BCUT2D eigenvalue weighted by Crippen LogP contribution is -2.10. The Morgan fingerprint density at radius 3 is 2.94 bits per heavy atom. The molecule has 5 nitrogen and oxygen atoms in total. The van der Waals surface area contributed by atoms with Crippen LogP contribution in [-0.4, -0.2) is 24.6 Å². The SMILES string of the molecule is CCCn1ccnc1CC(O)c1ccncn1. The summed E-state index contributed by atoms with van der Waals surface area (Å²) < 4.78 is 2.06. The number of aliphatic hydroxyl groups excluding tert-OH is 1. The molecular weight excluding hydrogens is 216 g/mol. The van der Waals surface area contributed by atoms with Gasteiger partial charge in [-0.3, -0.25) is 0 Å². The van der Waals surface area contributed by atoms with Crippen LogP contribution in [0.3, 0.4) is 0 Å². The largest absolute Gasteiger partial charge is 0.386 e. The lowest BCUT2D eigenvalue weighted by atomic mass is 10.1. The van der Waals surface area contributed by atoms with Crippen molar-refractivity contribution in [3.05, 3.63) is 42.5 Å². The number of nitrogens with zero attached hydrogens (tertiary/aromatic N) is 4. The normalized spacial score (nSPS) is 12.6. The van der Waals surface area contributed by atoms with Gasteiger partial charge in [0.25, 0.3) is 0 Å². The Bertz CT molecular complexity index is 455. The average Bonchev–Trinajstić information content (AvgIpc) is 2.78. The zero-order chi connectivity index (χ0) is 12.1. The Morgan fingerprint density at radius 1 is 1.35 bits per heavy atom. The molecule has 0 radical (unpaired) electrons. The zero-order valence-electron chi connectivity index (χ0n) is 9.82. The summed E-state index contributed by atoms with van der Waals surface area (Å²) in [4.78, 5) is 12.1. The molecule has 0 aliphatic carbocycles. The molecule has 1 unspecified atom stereocenters. The highest BCUT2D eigenvalue weighted by molar-refractivity contribution is 5.06. The van der Waals surface area contributed by atoms with Crippen molar-refractivity contribution in [3.63, 3.8) is 0 Å². The van der Waals surface area contributed by atoms with Crippen molar-refractivity contribution in [1.29, 1.82) is 0 Å². The summed E-state index contributed by atoms with van der Waals surface area (Å²) >= 11 is 0. The third kappa shape index (κ3) is 2.88. The van der Waals surface area contributed by atoms with Gasteiger partial charge in [-0.15, -0.1) is 0 Å². The second kappa shape index (κ2) is 5.54. The van der Waals surface area contributed by atoms with Gasteiger partial charge < -0.3 is 9.67 Å². The van der Waals surface area contributed by atoms with Crippen molar-refractivity contribution in [2.24, 2.45) is 0 Å². The first-order valence-electron chi connectivity index (χ1n) is 5.75. The Labute approximate surface area is 100 Å². The van der Waals surface area contributed by atoms with E-state index in [9.17, 15) is 5.11 Å². The summed E-state index contributed by atoms with van der Waals surface area (Å²) in [6.07, 6.45) is 7.66. The van der Waals surface area contributed by atoms with Crippen molar-refractivity contribution < 1.29 is 5.11 Å². The number of hydrogen-bond donors (Lipinski definition) is 1. The molecular formula is C12H16N4O. The molecule has 0 saturated heterocycles. The van der Waals surface area contributed by atoms with E-state index in [1.54, 1.807) is 18.5 Å². The number of rotatable bonds is 5. The van der Waals surface area contributed by atoms with E-state index in [4.69, 9.17) is 0 Å². The molecule has 0 aromatic carbocycles. The molecule has 1 N–H and O–H groups in total. The molecule has 0 amide bonds. The van der Waals surface area contributed by atoms with Crippen LogP contribution in [0, 0.1) is 0 Å². The van der Waals surface area contributed by atoms with Crippen LogP contribution in [0.1, 0.15) is 31.0 Å². The van der Waals surface area contributed by atoms with Gasteiger partial charge in [0.15, 0.2) is 0 Å². The van der Waals surface area contributed by atoms with Crippen LogP contribution in [0.15, 0.2) is 31.0 Å². The van der Waals surface area contributed by atoms with Gasteiger partial charge in [0.1, 0.15) is 18.3 Å². The Kier molecular flexibility index (Phi) is 3.82. The van der Waals surface area contributed by atoms with Gasteiger partial charge in [-0.25, -0.2) is 15.0 Å². The summed E-state index contributed by atoms with van der Waals surface area (Å²) in [5, 5.41) is 10.0. The maximum atomic E-state index is 10.0. The van der Waals surface area contributed by atoms with E-state index >= 15 is 0 Å². The van der Waals surface area contributed by atoms with Crippen LogP contribution < -0.4 is 0 Å². The summed E-state index contributed by atoms with van der Waals surface area (Å²) in [5.74, 6) is 0.887. The molecule has 17 heavy (non-hydrogen) atoms. The predicted molar refractivity (Wildman–Crippen MR) is 63.2 cm³/mol. The second-order valence-electron chi connectivity index (χ2n) is 3.89. The van der Waals surface area contributed by atoms with Crippen LogP contribution in [-0.2, 0) is 13.0 Å². The fraction of sp³-hybridized carbons (Fsp3) is 0.417. The first kappa shape index (κ1) is 11.7. The molecule has 5 heteroatoms. The Hall–Kier alpha value is -1.75. The molecule has 0 saturated carbocycles. The lowest BCUT2D eigenvalue weighted by Gasteiger charge is -2.11. The fourth-order valence-corrected chi connectivity index (χ4v) is 1.75. The number of aliphatic hydroxyl groups is 1. The first-order chi connectivity index (χ1) is 8.31. The van der Waals surface area contributed by atoms with Gasteiger partial charge in [0.2, 0.25) is 0 Å². The van der Waals surface area contributed by atoms with E-state index in [2.05, 4.69) is 26.4 Å². The monoisotopic (exact) mass is 232 g/mol. The van der Waals surface area contributed by atoms with Crippen LogP contribution in [0.4, 0.5) is 0 Å². The minimum absolute atomic E-state index is 0.476. The van der Waals surface area contributed by atoms with Crippen molar-refractivity contribution in [3.8, 4) is 0 Å². The Morgan fingerprint density at radius 2 is 2.24 bits per heavy atom. The van der Waals surface area contributed by atoms with Gasteiger partial charge in [-0.05, 0) is 12.5 Å². The van der Waals surface area contributed by atoms with Crippen molar-refractivity contribution >= 4 is 0 Å². The molecule has 0 aliphatic heterocycles. The van der Waals surface area contributed by atoms with Gasteiger partial charge in [-0.2, -0.15) is 0 Å². The number of imidazole rings is 1. The standard InChI is InChI=1S/C12H16N4O/c1-2-6-16-7-5-14-12(16)8-11(17)10-3-4-13-9-15-10/h3-5,7,9,11,17H,2,6,8H2,1H3. The quantitative estimate of drug-likeness (QED) is 0.845. The summed E-state index contributed by atoms with van der Waals surface area (Å²) in [6.45, 7) is 3.04. The Balaban J connectivity index is 2.08.